The second-order valence-electron chi connectivity index (χ2n) is 5.40. The second kappa shape index (κ2) is 5.88. The molecule has 3 rings (SSSR count). The van der Waals surface area contributed by atoms with E-state index in [1.54, 1.807) is 0 Å². The van der Waals surface area contributed by atoms with Gasteiger partial charge in [-0.2, -0.15) is 0 Å². The zero-order chi connectivity index (χ0) is 14.8. The second-order valence-corrected chi connectivity index (χ2v) is 5.84. The molecular formula is C17H17ClN2O. The van der Waals surface area contributed by atoms with E-state index < -0.39 is 6.04 Å². The molecule has 1 unspecified atom stereocenters. The van der Waals surface area contributed by atoms with Crippen molar-refractivity contribution in [3.63, 3.8) is 0 Å². The lowest BCUT2D eigenvalue weighted by Gasteiger charge is -2.20. The third-order valence-corrected chi connectivity index (χ3v) is 4.05. The Hall–Kier alpha value is -1.84. The van der Waals surface area contributed by atoms with Gasteiger partial charge in [0.15, 0.2) is 0 Å². The molecule has 4 heteroatoms. The van der Waals surface area contributed by atoms with Crippen LogP contribution in [0.4, 0.5) is 0 Å². The van der Waals surface area contributed by atoms with Crippen molar-refractivity contribution in [2.45, 2.75) is 25.6 Å². The number of benzene rings is 2. The SMILES string of the molecule is NC(Cc1cccc(Cl)c1)C(=O)N1Cc2ccccc2C1. The van der Waals surface area contributed by atoms with Gasteiger partial charge >= 0.3 is 0 Å². The molecule has 0 aromatic heterocycles. The van der Waals surface area contributed by atoms with Gasteiger partial charge in [-0.15, -0.1) is 0 Å². The number of nitrogens with zero attached hydrogens (tertiary/aromatic N) is 1. The smallest absolute Gasteiger partial charge is 0.240 e. The molecule has 2 aromatic carbocycles. The summed E-state index contributed by atoms with van der Waals surface area (Å²) in [6, 6.07) is 15.1. The molecule has 1 amide bonds. The highest BCUT2D eigenvalue weighted by molar-refractivity contribution is 6.30. The Balaban J connectivity index is 1.66. The summed E-state index contributed by atoms with van der Waals surface area (Å²) in [6.45, 7) is 1.30. The molecule has 2 N–H and O–H groups in total. The first-order chi connectivity index (χ1) is 10.1. The largest absolute Gasteiger partial charge is 0.333 e. The minimum absolute atomic E-state index is 0.00817. The minimum atomic E-state index is -0.530. The van der Waals surface area contributed by atoms with E-state index in [9.17, 15) is 4.79 Å². The average Bonchev–Trinajstić information content (AvgIpc) is 2.90. The number of carbonyl (C=O) groups is 1. The van der Waals surface area contributed by atoms with Crippen molar-refractivity contribution in [2.24, 2.45) is 5.73 Å². The van der Waals surface area contributed by atoms with Crippen molar-refractivity contribution in [2.75, 3.05) is 0 Å². The lowest BCUT2D eigenvalue weighted by atomic mass is 10.1. The van der Waals surface area contributed by atoms with Crippen LogP contribution < -0.4 is 5.73 Å². The third-order valence-electron chi connectivity index (χ3n) is 3.81. The third kappa shape index (κ3) is 3.09. The van der Waals surface area contributed by atoms with Gasteiger partial charge in [-0.25, -0.2) is 0 Å². The number of halogens is 1. The first kappa shape index (κ1) is 14.1. The Kier molecular flexibility index (Phi) is 3.95. The normalized spacial score (nSPS) is 14.9. The maximum absolute atomic E-state index is 12.5. The molecule has 0 spiro atoms. The van der Waals surface area contributed by atoms with Gasteiger partial charge in [0.05, 0.1) is 6.04 Å². The van der Waals surface area contributed by atoms with E-state index in [0.29, 0.717) is 24.5 Å². The highest BCUT2D eigenvalue weighted by Gasteiger charge is 2.26. The average molecular weight is 301 g/mol. The number of nitrogens with two attached hydrogens (primary N) is 1. The zero-order valence-corrected chi connectivity index (χ0v) is 12.4. The summed E-state index contributed by atoms with van der Waals surface area (Å²) < 4.78 is 0. The maximum Gasteiger partial charge on any atom is 0.240 e. The van der Waals surface area contributed by atoms with Crippen molar-refractivity contribution in [1.82, 2.24) is 4.90 Å². The standard InChI is InChI=1S/C17H17ClN2O/c18-15-7-3-4-12(8-15)9-16(19)17(21)20-10-13-5-1-2-6-14(13)11-20/h1-8,16H,9-11,19H2. The van der Waals surface area contributed by atoms with E-state index in [0.717, 1.165) is 5.56 Å². The Morgan fingerprint density at radius 1 is 1.14 bits per heavy atom. The van der Waals surface area contributed by atoms with Crippen LogP contribution in [0.2, 0.25) is 5.02 Å². The van der Waals surface area contributed by atoms with Crippen LogP contribution in [0.25, 0.3) is 0 Å². The fraction of sp³-hybridized carbons (Fsp3) is 0.235. The highest BCUT2D eigenvalue weighted by atomic mass is 35.5. The summed E-state index contributed by atoms with van der Waals surface area (Å²) in [7, 11) is 0. The molecule has 1 heterocycles. The number of carbonyl (C=O) groups excluding carboxylic acids is 1. The number of fused-ring (bicyclic) bond motifs is 1. The van der Waals surface area contributed by atoms with Gasteiger partial charge in [0.1, 0.15) is 0 Å². The van der Waals surface area contributed by atoms with Crippen LogP contribution >= 0.6 is 11.6 Å². The Morgan fingerprint density at radius 3 is 2.43 bits per heavy atom. The van der Waals surface area contributed by atoms with Crippen LogP contribution in [0.1, 0.15) is 16.7 Å². The Bertz CT molecular complexity index is 646. The van der Waals surface area contributed by atoms with Crippen molar-refractivity contribution < 1.29 is 4.79 Å². The van der Waals surface area contributed by atoms with Crippen LogP contribution in [-0.4, -0.2) is 16.8 Å². The molecule has 108 valence electrons. The summed E-state index contributed by atoms with van der Waals surface area (Å²) in [5.41, 5.74) is 9.48. The minimum Gasteiger partial charge on any atom is -0.333 e. The maximum atomic E-state index is 12.5. The predicted octanol–water partition coefficient (Wildman–Crippen LogP) is 2.75. The van der Waals surface area contributed by atoms with Crippen molar-refractivity contribution in [3.05, 3.63) is 70.2 Å². The Morgan fingerprint density at radius 2 is 1.81 bits per heavy atom. The van der Waals surface area contributed by atoms with E-state index in [1.165, 1.54) is 11.1 Å². The first-order valence-corrected chi connectivity index (χ1v) is 7.37. The van der Waals surface area contributed by atoms with E-state index in [4.69, 9.17) is 17.3 Å². The molecule has 21 heavy (non-hydrogen) atoms. The number of hydrogen-bond acceptors (Lipinski definition) is 2. The molecule has 0 fully saturated rings. The number of rotatable bonds is 3. The summed E-state index contributed by atoms with van der Waals surface area (Å²) in [4.78, 5) is 14.3. The fourth-order valence-corrected chi connectivity index (χ4v) is 2.94. The van der Waals surface area contributed by atoms with Crippen LogP contribution in [0, 0.1) is 0 Å². The van der Waals surface area contributed by atoms with E-state index in [-0.39, 0.29) is 5.91 Å². The first-order valence-electron chi connectivity index (χ1n) is 6.99. The monoisotopic (exact) mass is 300 g/mol. The van der Waals surface area contributed by atoms with Gasteiger partial charge in [-0.3, -0.25) is 4.79 Å². The molecule has 1 atom stereocenters. The van der Waals surface area contributed by atoms with Gasteiger partial charge in [0, 0.05) is 18.1 Å². The van der Waals surface area contributed by atoms with Gasteiger partial charge < -0.3 is 10.6 Å². The zero-order valence-electron chi connectivity index (χ0n) is 11.6. The summed E-state index contributed by atoms with van der Waals surface area (Å²) >= 11 is 5.96. The number of amides is 1. The van der Waals surface area contributed by atoms with E-state index >= 15 is 0 Å². The highest BCUT2D eigenvalue weighted by Crippen LogP contribution is 2.23. The quantitative estimate of drug-likeness (QED) is 0.947. The summed E-state index contributed by atoms with van der Waals surface area (Å²) in [5.74, 6) is -0.00817. The molecule has 0 bridgehead atoms. The molecule has 1 aliphatic heterocycles. The molecule has 3 nitrogen and oxygen atoms in total. The van der Waals surface area contributed by atoms with Crippen molar-refractivity contribution in [3.8, 4) is 0 Å². The van der Waals surface area contributed by atoms with Crippen LogP contribution in [-0.2, 0) is 24.3 Å². The fourth-order valence-electron chi connectivity index (χ4n) is 2.73. The number of hydrogen-bond donors (Lipinski definition) is 1. The summed E-state index contributed by atoms with van der Waals surface area (Å²) in [5, 5.41) is 0.667. The van der Waals surface area contributed by atoms with Crippen molar-refractivity contribution >= 4 is 17.5 Å². The van der Waals surface area contributed by atoms with Gasteiger partial charge in [-0.1, -0.05) is 48.0 Å². The van der Waals surface area contributed by atoms with Crippen molar-refractivity contribution in [1.29, 1.82) is 0 Å². The topological polar surface area (TPSA) is 46.3 Å². The molecule has 0 saturated carbocycles. The molecule has 0 radical (unpaired) electrons. The van der Waals surface area contributed by atoms with Gasteiger partial charge in [-0.05, 0) is 35.2 Å². The summed E-state index contributed by atoms with van der Waals surface area (Å²) in [6.07, 6.45) is 0.506. The molecule has 2 aromatic rings. The van der Waals surface area contributed by atoms with Crippen LogP contribution in [0.3, 0.4) is 0 Å². The molecule has 0 aliphatic carbocycles. The molecule has 0 saturated heterocycles. The van der Waals surface area contributed by atoms with E-state index in [2.05, 4.69) is 12.1 Å². The molecular weight excluding hydrogens is 284 g/mol. The van der Waals surface area contributed by atoms with Crippen LogP contribution in [0.15, 0.2) is 48.5 Å². The Labute approximate surface area is 129 Å². The van der Waals surface area contributed by atoms with Crippen LogP contribution in [0.5, 0.6) is 0 Å². The molecule has 1 aliphatic rings. The van der Waals surface area contributed by atoms with Gasteiger partial charge in [0.25, 0.3) is 0 Å². The lowest BCUT2D eigenvalue weighted by molar-refractivity contribution is -0.133. The predicted molar refractivity (Wildman–Crippen MR) is 83.8 cm³/mol. The van der Waals surface area contributed by atoms with Gasteiger partial charge in [0.2, 0.25) is 5.91 Å². The lowest BCUT2D eigenvalue weighted by Crippen LogP contribution is -2.42. The van der Waals surface area contributed by atoms with E-state index in [1.807, 2.05) is 41.3 Å².